The van der Waals surface area contributed by atoms with Crippen LogP contribution in [0.1, 0.15) is 17.7 Å². The molecule has 1 heterocycles. The first-order valence-corrected chi connectivity index (χ1v) is 10.5. The van der Waals surface area contributed by atoms with Gasteiger partial charge in [-0.2, -0.15) is 5.26 Å². The molecule has 0 aliphatic rings. The van der Waals surface area contributed by atoms with Gasteiger partial charge in [-0.15, -0.1) is 0 Å². The highest BCUT2D eigenvalue weighted by Gasteiger charge is 2.10. The third-order valence-corrected chi connectivity index (χ3v) is 4.81. The fourth-order valence-electron chi connectivity index (χ4n) is 2.68. The van der Waals surface area contributed by atoms with Gasteiger partial charge in [-0.1, -0.05) is 29.3 Å². The number of nitriles is 1. The minimum Gasteiger partial charge on any atom is -0.493 e. The van der Waals surface area contributed by atoms with Crippen LogP contribution in [0.2, 0.25) is 10.0 Å². The molecule has 0 atom stereocenters. The second kappa shape index (κ2) is 11.8. The van der Waals surface area contributed by atoms with Crippen molar-refractivity contribution in [3.05, 3.63) is 87.8 Å². The number of nitrogens with one attached hydrogen (secondary N) is 1. The van der Waals surface area contributed by atoms with Crippen LogP contribution in [0.3, 0.4) is 0 Å². The molecule has 0 saturated carbocycles. The summed E-state index contributed by atoms with van der Waals surface area (Å²) in [4.78, 5) is 12.2. The number of hydrogen-bond donors (Lipinski definition) is 1. The Morgan fingerprint density at radius 1 is 1.09 bits per heavy atom. The number of nitrogens with zero attached hydrogens (tertiary/aromatic N) is 1. The molecular weight excluding hydrogens is 451 g/mol. The lowest BCUT2D eigenvalue weighted by molar-refractivity contribution is -0.117. The molecule has 2 aromatic carbocycles. The Kier molecular flexibility index (Phi) is 8.61. The van der Waals surface area contributed by atoms with E-state index in [1.54, 1.807) is 54.6 Å². The van der Waals surface area contributed by atoms with Gasteiger partial charge in [0, 0.05) is 11.4 Å². The number of furan rings is 1. The van der Waals surface area contributed by atoms with E-state index in [4.69, 9.17) is 37.1 Å². The molecular formula is C24H20Cl2N2O4. The maximum absolute atomic E-state index is 12.2. The maximum Gasteiger partial charge on any atom is 0.262 e. The average Bonchev–Trinajstić information content (AvgIpc) is 3.32. The van der Waals surface area contributed by atoms with Gasteiger partial charge in [0.25, 0.3) is 5.91 Å². The summed E-state index contributed by atoms with van der Waals surface area (Å²) in [5.41, 5.74) is 0.568. The molecule has 0 bridgehead atoms. The van der Waals surface area contributed by atoms with Crippen molar-refractivity contribution >= 4 is 35.2 Å². The highest BCUT2D eigenvalue weighted by Crippen LogP contribution is 2.26. The second-order valence-electron chi connectivity index (χ2n) is 6.63. The summed E-state index contributed by atoms with van der Waals surface area (Å²) in [6.07, 6.45) is 3.64. The van der Waals surface area contributed by atoms with E-state index in [9.17, 15) is 10.1 Å². The Hall–Kier alpha value is -3.40. The van der Waals surface area contributed by atoms with Crippen LogP contribution in [0.25, 0.3) is 6.08 Å². The Morgan fingerprint density at radius 2 is 1.88 bits per heavy atom. The number of carbonyl (C=O) groups is 1. The van der Waals surface area contributed by atoms with E-state index < -0.39 is 5.91 Å². The molecule has 3 rings (SSSR count). The zero-order chi connectivity index (χ0) is 22.8. The van der Waals surface area contributed by atoms with Gasteiger partial charge in [0.15, 0.2) is 0 Å². The van der Waals surface area contributed by atoms with Gasteiger partial charge >= 0.3 is 0 Å². The summed E-state index contributed by atoms with van der Waals surface area (Å²) in [5, 5.41) is 13.0. The molecule has 1 aromatic heterocycles. The fourth-order valence-corrected chi connectivity index (χ4v) is 3.05. The standard InChI is InChI=1S/C24H20Cl2N2O4/c25-19-5-7-20(8-6-19)30-11-2-12-32-23-9-4-17(14-22(23)26)13-18(15-27)24(29)28-16-21-3-1-10-31-21/h1,3-10,13-14H,2,11-12,16H2,(H,28,29)/b18-13+. The normalized spacial score (nSPS) is 11.0. The number of amides is 1. The van der Waals surface area contributed by atoms with E-state index in [2.05, 4.69) is 5.32 Å². The molecule has 0 aliphatic carbocycles. The first-order valence-electron chi connectivity index (χ1n) is 9.78. The lowest BCUT2D eigenvalue weighted by Crippen LogP contribution is -2.23. The van der Waals surface area contributed by atoms with Crippen LogP contribution in [-0.4, -0.2) is 19.1 Å². The lowest BCUT2D eigenvalue weighted by atomic mass is 10.1. The van der Waals surface area contributed by atoms with Gasteiger partial charge in [0.2, 0.25) is 0 Å². The van der Waals surface area contributed by atoms with Gasteiger partial charge in [0.1, 0.15) is 28.9 Å². The summed E-state index contributed by atoms with van der Waals surface area (Å²) < 4.78 is 16.5. The maximum atomic E-state index is 12.2. The molecule has 1 amide bonds. The van der Waals surface area contributed by atoms with Gasteiger partial charge in [-0.3, -0.25) is 4.79 Å². The van der Waals surface area contributed by atoms with Crippen molar-refractivity contribution < 1.29 is 18.7 Å². The van der Waals surface area contributed by atoms with E-state index in [-0.39, 0.29) is 12.1 Å². The van der Waals surface area contributed by atoms with E-state index >= 15 is 0 Å². The molecule has 6 nitrogen and oxygen atoms in total. The van der Waals surface area contributed by atoms with Crippen LogP contribution >= 0.6 is 23.2 Å². The minimum absolute atomic E-state index is 0.0411. The quantitative estimate of drug-likeness (QED) is 0.234. The molecule has 0 unspecified atom stereocenters. The molecule has 1 N–H and O–H groups in total. The van der Waals surface area contributed by atoms with Gasteiger partial charge in [-0.05, 0) is 60.2 Å². The van der Waals surface area contributed by atoms with Crippen molar-refractivity contribution in [3.63, 3.8) is 0 Å². The van der Waals surface area contributed by atoms with E-state index in [0.717, 1.165) is 5.75 Å². The third-order valence-electron chi connectivity index (χ3n) is 4.26. The Labute approximate surface area is 196 Å². The Bertz CT molecular complexity index is 1100. The average molecular weight is 471 g/mol. The Balaban J connectivity index is 1.49. The number of carbonyl (C=O) groups excluding carboxylic acids is 1. The van der Waals surface area contributed by atoms with Crippen molar-refractivity contribution in [1.29, 1.82) is 5.26 Å². The molecule has 0 fully saturated rings. The van der Waals surface area contributed by atoms with Crippen LogP contribution in [0.15, 0.2) is 70.9 Å². The highest BCUT2D eigenvalue weighted by molar-refractivity contribution is 6.32. The molecule has 3 aromatic rings. The number of ether oxygens (including phenoxy) is 2. The van der Waals surface area contributed by atoms with Crippen LogP contribution in [0, 0.1) is 11.3 Å². The van der Waals surface area contributed by atoms with Crippen LogP contribution in [-0.2, 0) is 11.3 Å². The Morgan fingerprint density at radius 3 is 2.56 bits per heavy atom. The first-order chi connectivity index (χ1) is 15.5. The van der Waals surface area contributed by atoms with E-state index in [1.807, 2.05) is 6.07 Å². The van der Waals surface area contributed by atoms with Crippen molar-refractivity contribution in [2.75, 3.05) is 13.2 Å². The summed E-state index contributed by atoms with van der Waals surface area (Å²) in [6, 6.07) is 17.6. The number of halogens is 2. The second-order valence-corrected chi connectivity index (χ2v) is 7.47. The predicted octanol–water partition coefficient (Wildman–Crippen LogP) is 5.66. The number of hydrogen-bond acceptors (Lipinski definition) is 5. The largest absolute Gasteiger partial charge is 0.493 e. The highest BCUT2D eigenvalue weighted by atomic mass is 35.5. The SMILES string of the molecule is N#C/C(=C\c1ccc(OCCCOc2ccc(Cl)cc2)c(Cl)c1)C(=O)NCc1ccco1. The fraction of sp³-hybridized carbons (Fsp3) is 0.167. The van der Waals surface area contributed by atoms with E-state index in [0.29, 0.717) is 46.8 Å². The monoisotopic (exact) mass is 470 g/mol. The smallest absolute Gasteiger partial charge is 0.262 e. The number of rotatable bonds is 10. The lowest BCUT2D eigenvalue weighted by Gasteiger charge is -2.10. The molecule has 0 radical (unpaired) electrons. The topological polar surface area (TPSA) is 84.5 Å². The molecule has 164 valence electrons. The first kappa shape index (κ1) is 23.3. The summed E-state index contributed by atoms with van der Waals surface area (Å²) in [5.74, 6) is 1.35. The van der Waals surface area contributed by atoms with Crippen molar-refractivity contribution in [3.8, 4) is 17.6 Å². The van der Waals surface area contributed by atoms with Crippen molar-refractivity contribution in [1.82, 2.24) is 5.32 Å². The van der Waals surface area contributed by atoms with Crippen LogP contribution < -0.4 is 14.8 Å². The zero-order valence-electron chi connectivity index (χ0n) is 17.0. The molecule has 32 heavy (non-hydrogen) atoms. The van der Waals surface area contributed by atoms with Crippen LogP contribution in [0.4, 0.5) is 0 Å². The zero-order valence-corrected chi connectivity index (χ0v) is 18.5. The molecule has 8 heteroatoms. The van der Waals surface area contributed by atoms with E-state index in [1.165, 1.54) is 12.3 Å². The molecule has 0 saturated heterocycles. The van der Waals surface area contributed by atoms with Crippen molar-refractivity contribution in [2.45, 2.75) is 13.0 Å². The van der Waals surface area contributed by atoms with Crippen molar-refractivity contribution in [2.24, 2.45) is 0 Å². The summed E-state index contributed by atoms with van der Waals surface area (Å²) in [7, 11) is 0. The summed E-state index contributed by atoms with van der Waals surface area (Å²) >= 11 is 12.1. The molecule has 0 spiro atoms. The van der Waals surface area contributed by atoms with Gasteiger partial charge in [-0.25, -0.2) is 0 Å². The third kappa shape index (κ3) is 7.09. The molecule has 0 aliphatic heterocycles. The minimum atomic E-state index is -0.499. The van der Waals surface area contributed by atoms with Crippen LogP contribution in [0.5, 0.6) is 11.5 Å². The van der Waals surface area contributed by atoms with Gasteiger partial charge < -0.3 is 19.2 Å². The summed E-state index contributed by atoms with van der Waals surface area (Å²) in [6.45, 7) is 1.10. The number of benzene rings is 2. The van der Waals surface area contributed by atoms with Gasteiger partial charge in [0.05, 0.1) is 31.0 Å². The predicted molar refractivity (Wildman–Crippen MR) is 123 cm³/mol.